The Hall–Kier alpha value is -1.43. The third-order valence-corrected chi connectivity index (χ3v) is 6.61. The normalized spacial score (nSPS) is 20.7. The maximum atomic E-state index is 13.3. The Morgan fingerprint density at radius 1 is 1.15 bits per heavy atom. The number of thiazole rings is 1. The van der Waals surface area contributed by atoms with Crippen molar-refractivity contribution in [1.29, 1.82) is 0 Å². The van der Waals surface area contributed by atoms with E-state index in [-0.39, 0.29) is 17.9 Å². The van der Waals surface area contributed by atoms with Crippen molar-refractivity contribution in [3.8, 4) is 11.3 Å². The third-order valence-electron chi connectivity index (χ3n) is 5.49. The van der Waals surface area contributed by atoms with E-state index in [9.17, 15) is 4.79 Å². The monoisotopic (exact) mass is 404 g/mol. The van der Waals surface area contributed by atoms with Gasteiger partial charge in [-0.2, -0.15) is 0 Å². The van der Waals surface area contributed by atoms with Crippen LogP contribution in [0.4, 0.5) is 5.13 Å². The molecule has 2 fully saturated rings. The van der Waals surface area contributed by atoms with Crippen LogP contribution in [-0.4, -0.2) is 30.1 Å². The van der Waals surface area contributed by atoms with Gasteiger partial charge in [-0.05, 0) is 37.8 Å². The van der Waals surface area contributed by atoms with Crippen LogP contribution < -0.4 is 4.90 Å². The fourth-order valence-corrected chi connectivity index (χ4v) is 4.94. The van der Waals surface area contributed by atoms with Crippen molar-refractivity contribution >= 4 is 34.0 Å². The Balaban J connectivity index is 1.57. The first kappa shape index (κ1) is 18.9. The number of amides is 1. The fraction of sp³-hybridized carbons (Fsp3) is 0.524. The molecule has 6 heteroatoms. The molecule has 1 aromatic carbocycles. The zero-order valence-corrected chi connectivity index (χ0v) is 17.0. The van der Waals surface area contributed by atoms with Crippen molar-refractivity contribution in [3.63, 3.8) is 0 Å². The predicted molar refractivity (Wildman–Crippen MR) is 110 cm³/mol. The van der Waals surface area contributed by atoms with Crippen LogP contribution in [-0.2, 0) is 9.53 Å². The topological polar surface area (TPSA) is 42.4 Å². The molecule has 2 heterocycles. The maximum Gasteiger partial charge on any atom is 0.231 e. The maximum absolute atomic E-state index is 13.3. The second-order valence-corrected chi connectivity index (χ2v) is 8.71. The molecular weight excluding hydrogens is 380 g/mol. The summed E-state index contributed by atoms with van der Waals surface area (Å²) in [7, 11) is 0. The van der Waals surface area contributed by atoms with Crippen LogP contribution in [0.2, 0.25) is 5.02 Å². The molecule has 1 aliphatic heterocycles. The Labute approximate surface area is 169 Å². The van der Waals surface area contributed by atoms with E-state index >= 15 is 0 Å². The lowest BCUT2D eigenvalue weighted by Crippen LogP contribution is -2.41. The van der Waals surface area contributed by atoms with Crippen molar-refractivity contribution in [3.05, 3.63) is 34.7 Å². The molecule has 1 saturated carbocycles. The molecule has 27 heavy (non-hydrogen) atoms. The molecule has 1 amide bonds. The van der Waals surface area contributed by atoms with E-state index in [0.717, 1.165) is 61.5 Å². The van der Waals surface area contributed by atoms with Crippen molar-refractivity contribution < 1.29 is 9.53 Å². The van der Waals surface area contributed by atoms with Crippen LogP contribution in [0.15, 0.2) is 29.6 Å². The molecule has 4 rings (SSSR count). The van der Waals surface area contributed by atoms with Crippen LogP contribution in [0, 0.1) is 5.92 Å². The molecule has 144 valence electrons. The minimum Gasteiger partial charge on any atom is -0.376 e. The molecule has 2 aromatic rings. The van der Waals surface area contributed by atoms with E-state index in [4.69, 9.17) is 21.3 Å². The van der Waals surface area contributed by atoms with Gasteiger partial charge in [0.2, 0.25) is 5.91 Å². The van der Waals surface area contributed by atoms with Crippen molar-refractivity contribution in [2.45, 2.75) is 51.0 Å². The van der Waals surface area contributed by atoms with Gasteiger partial charge in [-0.25, -0.2) is 4.98 Å². The summed E-state index contributed by atoms with van der Waals surface area (Å²) < 4.78 is 5.82. The van der Waals surface area contributed by atoms with E-state index in [1.54, 1.807) is 0 Å². The standard InChI is InChI=1S/C21H25ClN2O2S/c22-17-10-8-15(9-11-17)19-14-27-21(23-19)24(13-18-7-4-12-26-18)20(25)16-5-2-1-3-6-16/h8-11,14,16,18H,1-7,12-13H2/t18-/m0/s1. The molecule has 2 aliphatic rings. The van der Waals surface area contributed by atoms with Gasteiger partial charge in [0.25, 0.3) is 0 Å². The van der Waals surface area contributed by atoms with Gasteiger partial charge in [0.1, 0.15) is 0 Å². The Morgan fingerprint density at radius 3 is 2.63 bits per heavy atom. The van der Waals surface area contributed by atoms with Crippen molar-refractivity contribution in [2.75, 3.05) is 18.1 Å². The van der Waals surface area contributed by atoms with Crippen LogP contribution in [0.3, 0.4) is 0 Å². The molecule has 0 bridgehead atoms. The number of ether oxygens (including phenoxy) is 1. The van der Waals surface area contributed by atoms with Gasteiger partial charge >= 0.3 is 0 Å². The summed E-state index contributed by atoms with van der Waals surface area (Å²) >= 11 is 7.53. The van der Waals surface area contributed by atoms with E-state index in [1.807, 2.05) is 34.5 Å². The average Bonchev–Trinajstić information content (AvgIpc) is 3.39. The van der Waals surface area contributed by atoms with E-state index < -0.39 is 0 Å². The number of hydrogen-bond acceptors (Lipinski definition) is 4. The number of rotatable bonds is 5. The zero-order chi connectivity index (χ0) is 18.6. The summed E-state index contributed by atoms with van der Waals surface area (Å²) in [5.41, 5.74) is 1.91. The highest BCUT2D eigenvalue weighted by molar-refractivity contribution is 7.14. The predicted octanol–water partition coefficient (Wildman–Crippen LogP) is 5.56. The van der Waals surface area contributed by atoms with Gasteiger partial charge in [0.05, 0.1) is 18.3 Å². The molecule has 4 nitrogen and oxygen atoms in total. The number of carbonyl (C=O) groups excluding carboxylic acids is 1. The number of benzene rings is 1. The number of hydrogen-bond donors (Lipinski definition) is 0. The van der Waals surface area contributed by atoms with Crippen LogP contribution in [0.25, 0.3) is 11.3 Å². The van der Waals surface area contributed by atoms with Gasteiger partial charge in [-0.1, -0.05) is 43.0 Å². The van der Waals surface area contributed by atoms with Gasteiger partial charge in [0, 0.05) is 28.5 Å². The summed E-state index contributed by atoms with van der Waals surface area (Å²) in [5, 5.41) is 3.52. The van der Waals surface area contributed by atoms with Gasteiger partial charge in [0.15, 0.2) is 5.13 Å². The largest absolute Gasteiger partial charge is 0.376 e. The zero-order valence-electron chi connectivity index (χ0n) is 15.4. The first-order valence-electron chi connectivity index (χ1n) is 9.85. The Bertz CT molecular complexity index is 765. The molecule has 0 radical (unpaired) electrons. The third kappa shape index (κ3) is 4.53. The minimum atomic E-state index is 0.125. The Morgan fingerprint density at radius 2 is 1.93 bits per heavy atom. The summed E-state index contributed by atoms with van der Waals surface area (Å²) in [4.78, 5) is 20.0. The van der Waals surface area contributed by atoms with Gasteiger partial charge < -0.3 is 4.74 Å². The number of nitrogens with zero attached hydrogens (tertiary/aromatic N) is 2. The SMILES string of the molecule is O=C(C1CCCCC1)N(C[C@@H]1CCCO1)c1nc(-c2ccc(Cl)cc2)cs1. The van der Waals surface area contributed by atoms with E-state index in [1.165, 1.54) is 17.8 Å². The van der Waals surface area contributed by atoms with E-state index in [0.29, 0.717) is 11.6 Å². The molecule has 1 aromatic heterocycles. The van der Waals surface area contributed by atoms with Crippen molar-refractivity contribution in [2.24, 2.45) is 5.92 Å². The number of carbonyl (C=O) groups is 1. The smallest absolute Gasteiger partial charge is 0.231 e. The quantitative estimate of drug-likeness (QED) is 0.655. The lowest BCUT2D eigenvalue weighted by atomic mass is 9.88. The number of anilines is 1. The van der Waals surface area contributed by atoms with Crippen molar-refractivity contribution in [1.82, 2.24) is 4.98 Å². The highest BCUT2D eigenvalue weighted by Crippen LogP contribution is 2.33. The second-order valence-electron chi connectivity index (χ2n) is 7.44. The molecular formula is C21H25ClN2O2S. The van der Waals surface area contributed by atoms with Gasteiger partial charge in [-0.15, -0.1) is 11.3 Å². The van der Waals surface area contributed by atoms with Crippen LogP contribution in [0.1, 0.15) is 44.9 Å². The summed E-state index contributed by atoms with van der Waals surface area (Å²) in [6.45, 7) is 1.41. The first-order valence-corrected chi connectivity index (χ1v) is 11.1. The minimum absolute atomic E-state index is 0.125. The molecule has 0 unspecified atom stereocenters. The number of aromatic nitrogens is 1. The molecule has 1 aliphatic carbocycles. The van der Waals surface area contributed by atoms with Gasteiger partial charge in [-0.3, -0.25) is 9.69 Å². The number of halogens is 1. The van der Waals surface area contributed by atoms with Crippen LogP contribution >= 0.6 is 22.9 Å². The molecule has 1 saturated heterocycles. The molecule has 0 spiro atoms. The summed E-state index contributed by atoms with van der Waals surface area (Å²) in [5.74, 6) is 0.352. The first-order chi connectivity index (χ1) is 13.2. The second kappa shape index (κ2) is 8.72. The van der Waals surface area contributed by atoms with E-state index in [2.05, 4.69) is 0 Å². The summed E-state index contributed by atoms with van der Waals surface area (Å²) in [6.07, 6.45) is 7.75. The molecule has 1 atom stereocenters. The Kier molecular flexibility index (Phi) is 6.11. The van der Waals surface area contributed by atoms with Crippen LogP contribution in [0.5, 0.6) is 0 Å². The fourth-order valence-electron chi connectivity index (χ4n) is 3.97. The lowest BCUT2D eigenvalue weighted by molar-refractivity contribution is -0.123. The highest BCUT2D eigenvalue weighted by Gasteiger charge is 2.31. The lowest BCUT2D eigenvalue weighted by Gasteiger charge is -2.29. The molecule has 0 N–H and O–H groups in total. The highest BCUT2D eigenvalue weighted by atomic mass is 35.5. The summed E-state index contributed by atoms with van der Waals surface area (Å²) in [6, 6.07) is 7.67. The average molecular weight is 405 g/mol.